The Morgan fingerprint density at radius 2 is 1.88 bits per heavy atom. The Hall–Kier alpha value is -3.80. The average Bonchev–Trinajstić information content (AvgIpc) is 3.08. The van der Waals surface area contributed by atoms with Crippen LogP contribution in [0.5, 0.6) is 5.75 Å². The summed E-state index contributed by atoms with van der Waals surface area (Å²) in [4.78, 5) is 44.3. The second-order valence-electron chi connectivity index (χ2n) is 10.0. The van der Waals surface area contributed by atoms with E-state index < -0.39 is 24.9 Å². The first kappa shape index (κ1) is 31.7. The normalized spacial score (nSPS) is 15.1. The fraction of sp³-hybridized carbons (Fsp3) is 0.483. The van der Waals surface area contributed by atoms with Crippen molar-refractivity contribution in [1.82, 2.24) is 15.1 Å². The van der Waals surface area contributed by atoms with Crippen LogP contribution in [0.15, 0.2) is 42.5 Å². The number of alkyl halides is 3. The van der Waals surface area contributed by atoms with Gasteiger partial charge in [0.2, 0.25) is 5.91 Å². The molecule has 12 heteroatoms. The highest BCUT2D eigenvalue weighted by atomic mass is 19.4. The van der Waals surface area contributed by atoms with E-state index in [1.165, 1.54) is 23.1 Å². The molecular formula is C29H37F3N4O5. The number of benzene rings is 2. The van der Waals surface area contributed by atoms with Crippen molar-refractivity contribution in [2.75, 3.05) is 44.3 Å². The van der Waals surface area contributed by atoms with E-state index >= 15 is 0 Å². The second kappa shape index (κ2) is 14.2. The molecule has 0 aromatic heterocycles. The van der Waals surface area contributed by atoms with Gasteiger partial charge in [-0.1, -0.05) is 31.5 Å². The summed E-state index contributed by atoms with van der Waals surface area (Å²) in [5.74, 6) is -0.651. The van der Waals surface area contributed by atoms with E-state index in [1.54, 1.807) is 41.8 Å². The molecule has 224 valence electrons. The molecule has 9 nitrogen and oxygen atoms in total. The summed E-state index contributed by atoms with van der Waals surface area (Å²) in [5.41, 5.74) is 2.08. The minimum absolute atomic E-state index is 0.00523. The standard InChI is InChI=1S/C29H37F3N4O5/c1-4-5-12-34(13-14-37)26(38)16-33-28(40)35-18-22-8-6-7-9-25(22)36(17-21(35)3)27(39)24-11-10-23(15-20(24)2)41-19-29(30,31)32/h6-11,15,21,37H,4-5,12-14,16-19H2,1-3H3,(H,33,40)/t21-/m1/s1. The Balaban J connectivity index is 1.77. The van der Waals surface area contributed by atoms with Crippen molar-refractivity contribution in [3.05, 3.63) is 59.2 Å². The number of urea groups is 1. The van der Waals surface area contributed by atoms with E-state index in [0.717, 1.165) is 18.4 Å². The number of amides is 4. The maximum atomic E-state index is 13.7. The van der Waals surface area contributed by atoms with Crippen LogP contribution in [0, 0.1) is 6.92 Å². The van der Waals surface area contributed by atoms with Crippen LogP contribution >= 0.6 is 0 Å². The number of carbonyl (C=O) groups excluding carboxylic acids is 3. The molecular weight excluding hydrogens is 541 g/mol. The first-order valence-electron chi connectivity index (χ1n) is 13.6. The van der Waals surface area contributed by atoms with Crippen molar-refractivity contribution in [3.63, 3.8) is 0 Å². The van der Waals surface area contributed by atoms with Crippen LogP contribution in [-0.4, -0.2) is 84.4 Å². The number of halogens is 3. The van der Waals surface area contributed by atoms with Crippen molar-refractivity contribution in [2.45, 2.75) is 52.4 Å². The van der Waals surface area contributed by atoms with Crippen LogP contribution < -0.4 is 15.0 Å². The molecule has 2 aromatic carbocycles. The van der Waals surface area contributed by atoms with Gasteiger partial charge in [-0.15, -0.1) is 0 Å². The molecule has 2 N–H and O–H groups in total. The highest BCUT2D eigenvalue weighted by molar-refractivity contribution is 6.07. The molecule has 1 heterocycles. The number of ether oxygens (including phenoxy) is 1. The Morgan fingerprint density at radius 3 is 2.54 bits per heavy atom. The van der Waals surface area contributed by atoms with Crippen molar-refractivity contribution >= 4 is 23.5 Å². The number of hydrogen-bond donors (Lipinski definition) is 2. The van der Waals surface area contributed by atoms with Crippen molar-refractivity contribution in [3.8, 4) is 5.75 Å². The fourth-order valence-corrected chi connectivity index (χ4v) is 4.64. The number of nitrogens with one attached hydrogen (secondary N) is 1. The van der Waals surface area contributed by atoms with Gasteiger partial charge in [-0.3, -0.25) is 9.59 Å². The van der Waals surface area contributed by atoms with E-state index in [4.69, 9.17) is 4.74 Å². The Labute approximate surface area is 237 Å². The number of fused-ring (bicyclic) bond motifs is 1. The number of aliphatic hydroxyl groups excluding tert-OH is 1. The number of rotatable bonds is 10. The van der Waals surface area contributed by atoms with Crippen LogP contribution in [0.3, 0.4) is 0 Å². The topological polar surface area (TPSA) is 102 Å². The molecule has 3 rings (SSSR count). The molecule has 1 atom stereocenters. The van der Waals surface area contributed by atoms with Gasteiger partial charge in [0.1, 0.15) is 5.75 Å². The Kier molecular flexibility index (Phi) is 11.0. The third-order valence-corrected chi connectivity index (χ3v) is 6.83. The SMILES string of the molecule is CCCCN(CCO)C(=O)CNC(=O)N1Cc2ccccc2N(C(=O)c2ccc(OCC(F)(F)F)cc2C)C[C@H]1C. The highest BCUT2D eigenvalue weighted by Crippen LogP contribution is 2.30. The molecule has 1 aliphatic rings. The number of unbranched alkanes of at least 4 members (excludes halogenated alkanes) is 1. The molecule has 4 amide bonds. The number of aliphatic hydroxyl groups is 1. The molecule has 0 aliphatic carbocycles. The van der Waals surface area contributed by atoms with Gasteiger partial charge in [0, 0.05) is 43.5 Å². The zero-order valence-corrected chi connectivity index (χ0v) is 23.5. The molecule has 2 aromatic rings. The summed E-state index contributed by atoms with van der Waals surface area (Å²) < 4.78 is 42.5. The Morgan fingerprint density at radius 1 is 1.15 bits per heavy atom. The van der Waals surface area contributed by atoms with E-state index in [1.807, 2.05) is 13.0 Å². The summed E-state index contributed by atoms with van der Waals surface area (Å²) in [6, 6.07) is 10.4. The van der Waals surface area contributed by atoms with Crippen LogP contribution in [-0.2, 0) is 11.3 Å². The quantitative estimate of drug-likeness (QED) is 0.442. The molecule has 0 saturated carbocycles. The smallest absolute Gasteiger partial charge is 0.422 e. The van der Waals surface area contributed by atoms with Crippen molar-refractivity contribution in [1.29, 1.82) is 0 Å². The predicted octanol–water partition coefficient (Wildman–Crippen LogP) is 4.12. The Bertz CT molecular complexity index is 1220. The lowest BCUT2D eigenvalue weighted by Crippen LogP contribution is -2.50. The molecule has 41 heavy (non-hydrogen) atoms. The minimum Gasteiger partial charge on any atom is -0.484 e. The molecule has 0 bridgehead atoms. The van der Waals surface area contributed by atoms with Crippen LogP contribution in [0.4, 0.5) is 23.7 Å². The predicted molar refractivity (Wildman–Crippen MR) is 148 cm³/mol. The van der Waals surface area contributed by atoms with Crippen LogP contribution in [0.25, 0.3) is 0 Å². The van der Waals surface area contributed by atoms with E-state index in [-0.39, 0.29) is 50.3 Å². The number of hydrogen-bond acceptors (Lipinski definition) is 5. The van der Waals surface area contributed by atoms with E-state index in [0.29, 0.717) is 23.4 Å². The zero-order valence-electron chi connectivity index (χ0n) is 23.5. The average molecular weight is 579 g/mol. The second-order valence-corrected chi connectivity index (χ2v) is 10.0. The van der Waals surface area contributed by atoms with E-state index in [2.05, 4.69) is 5.32 Å². The number of anilines is 1. The van der Waals surface area contributed by atoms with E-state index in [9.17, 15) is 32.7 Å². The largest absolute Gasteiger partial charge is 0.484 e. The summed E-state index contributed by atoms with van der Waals surface area (Å²) in [6.45, 7) is 4.62. The number of carbonyl (C=O) groups is 3. The van der Waals surface area contributed by atoms with Gasteiger partial charge in [-0.25, -0.2) is 4.79 Å². The third-order valence-electron chi connectivity index (χ3n) is 6.83. The van der Waals surface area contributed by atoms with Crippen LogP contribution in [0.1, 0.15) is 48.2 Å². The minimum atomic E-state index is -4.48. The molecule has 0 radical (unpaired) electrons. The van der Waals surface area contributed by atoms with Gasteiger partial charge >= 0.3 is 12.2 Å². The molecule has 0 spiro atoms. The van der Waals surface area contributed by atoms with Gasteiger partial charge in [-0.05, 0) is 55.7 Å². The summed E-state index contributed by atoms with van der Waals surface area (Å²) in [7, 11) is 0. The van der Waals surface area contributed by atoms with Crippen molar-refractivity contribution < 1.29 is 37.4 Å². The van der Waals surface area contributed by atoms with Crippen molar-refractivity contribution in [2.24, 2.45) is 0 Å². The maximum absolute atomic E-state index is 13.7. The lowest BCUT2D eigenvalue weighted by atomic mass is 10.1. The fourth-order valence-electron chi connectivity index (χ4n) is 4.64. The first-order chi connectivity index (χ1) is 19.4. The summed E-state index contributed by atoms with van der Waals surface area (Å²) >= 11 is 0. The molecule has 0 saturated heterocycles. The molecule has 0 unspecified atom stereocenters. The van der Waals surface area contributed by atoms with Gasteiger partial charge in [0.25, 0.3) is 5.91 Å². The maximum Gasteiger partial charge on any atom is 0.422 e. The van der Waals surface area contributed by atoms with Gasteiger partial charge < -0.3 is 29.9 Å². The molecule has 0 fully saturated rings. The summed E-state index contributed by atoms with van der Waals surface area (Å²) in [6.07, 6.45) is -2.81. The third kappa shape index (κ3) is 8.59. The lowest BCUT2D eigenvalue weighted by molar-refractivity contribution is -0.153. The monoisotopic (exact) mass is 578 g/mol. The van der Waals surface area contributed by atoms with Gasteiger partial charge in [0.15, 0.2) is 6.61 Å². The van der Waals surface area contributed by atoms with Gasteiger partial charge in [0.05, 0.1) is 13.2 Å². The van der Waals surface area contributed by atoms with Crippen LogP contribution in [0.2, 0.25) is 0 Å². The highest BCUT2D eigenvalue weighted by Gasteiger charge is 2.33. The molecule has 1 aliphatic heterocycles. The van der Waals surface area contributed by atoms with Gasteiger partial charge in [-0.2, -0.15) is 13.2 Å². The number of nitrogens with zero attached hydrogens (tertiary/aromatic N) is 3. The number of aryl methyl sites for hydroxylation is 1. The lowest BCUT2D eigenvalue weighted by Gasteiger charge is -2.30. The first-order valence-corrected chi connectivity index (χ1v) is 13.6. The zero-order chi connectivity index (χ0) is 30.2. The summed E-state index contributed by atoms with van der Waals surface area (Å²) in [5, 5.41) is 12.0. The number of para-hydroxylation sites is 1.